The minimum atomic E-state index is 0.758. The number of imidazole rings is 1. The van der Waals surface area contributed by atoms with Crippen molar-refractivity contribution in [3.8, 4) is 0 Å². The fourth-order valence-electron chi connectivity index (χ4n) is 0.669. The van der Waals surface area contributed by atoms with E-state index in [0.29, 0.717) is 0 Å². The molecular weight excluding hydrogens is 116 g/mol. The number of rotatable bonds is 0. The highest BCUT2D eigenvalue weighted by atomic mass is 15.2. The third-order valence-corrected chi connectivity index (χ3v) is 1.07. The van der Waals surface area contributed by atoms with Crippen molar-refractivity contribution in [1.82, 2.24) is 15.3 Å². The van der Waals surface area contributed by atoms with Gasteiger partial charge in [0.15, 0.2) is 12.5 Å². The lowest BCUT2D eigenvalue weighted by molar-refractivity contribution is 0.931. The maximum atomic E-state index is 3.93. The Morgan fingerprint density at radius 1 is 1.56 bits per heavy atom. The molecule has 2 heterocycles. The summed E-state index contributed by atoms with van der Waals surface area (Å²) in [5, 5.41) is 5.42. The summed E-state index contributed by atoms with van der Waals surface area (Å²) in [7, 11) is 0. The van der Waals surface area contributed by atoms with E-state index in [1.54, 1.807) is 6.33 Å². The minimum Gasteiger partial charge on any atom is -0.345 e. The first kappa shape index (κ1) is 4.81. The molecule has 0 aromatic carbocycles. The lowest BCUT2D eigenvalue weighted by Crippen LogP contribution is -2.19. The van der Waals surface area contributed by atoms with Gasteiger partial charge in [0.1, 0.15) is 6.54 Å². The van der Waals surface area contributed by atoms with Crippen LogP contribution in [-0.4, -0.2) is 9.97 Å². The first-order valence-corrected chi connectivity index (χ1v) is 2.52. The van der Waals surface area contributed by atoms with E-state index >= 15 is 0 Å². The molecule has 1 aliphatic heterocycles. The maximum Gasteiger partial charge on any atom is 0.173 e. The Morgan fingerprint density at radius 3 is 3.44 bits per heavy atom. The SMILES string of the molecule is [C]1N[C]c2[nH]cnc2N1. The molecule has 4 heteroatoms. The Hall–Kier alpha value is -1.03. The van der Waals surface area contributed by atoms with E-state index in [-0.39, 0.29) is 0 Å². The van der Waals surface area contributed by atoms with Gasteiger partial charge in [-0.25, -0.2) is 4.98 Å². The molecule has 44 valence electrons. The van der Waals surface area contributed by atoms with Crippen LogP contribution in [0.15, 0.2) is 6.33 Å². The van der Waals surface area contributed by atoms with Crippen LogP contribution in [0.4, 0.5) is 5.82 Å². The van der Waals surface area contributed by atoms with Crippen LogP contribution in [0, 0.1) is 13.2 Å². The molecule has 0 amide bonds. The second-order valence-corrected chi connectivity index (χ2v) is 1.63. The second-order valence-electron chi connectivity index (χ2n) is 1.63. The quantitative estimate of drug-likeness (QED) is 0.444. The van der Waals surface area contributed by atoms with Crippen LogP contribution in [0.2, 0.25) is 0 Å². The van der Waals surface area contributed by atoms with Gasteiger partial charge in [-0.15, -0.1) is 0 Å². The van der Waals surface area contributed by atoms with Crippen LogP contribution in [0.5, 0.6) is 0 Å². The number of H-pyrrole nitrogens is 1. The zero-order chi connectivity index (χ0) is 6.10. The van der Waals surface area contributed by atoms with E-state index in [1.807, 2.05) is 0 Å². The summed E-state index contributed by atoms with van der Waals surface area (Å²) >= 11 is 0. The van der Waals surface area contributed by atoms with Crippen molar-refractivity contribution in [3.05, 3.63) is 25.2 Å². The summed E-state index contributed by atoms with van der Waals surface area (Å²) in [5.41, 5.74) is 0.828. The lowest BCUT2D eigenvalue weighted by atomic mass is 10.4. The van der Waals surface area contributed by atoms with Crippen molar-refractivity contribution in [2.24, 2.45) is 0 Å². The molecule has 0 saturated heterocycles. The summed E-state index contributed by atoms with van der Waals surface area (Å²) in [6.07, 6.45) is 1.60. The summed E-state index contributed by atoms with van der Waals surface area (Å²) in [5.74, 6) is 0.758. The van der Waals surface area contributed by atoms with E-state index in [0.717, 1.165) is 11.5 Å². The Balaban J connectivity index is 2.39. The highest BCUT2D eigenvalue weighted by Gasteiger charge is 2.10. The molecule has 9 heavy (non-hydrogen) atoms. The summed E-state index contributed by atoms with van der Waals surface area (Å²) in [6, 6.07) is 0. The molecule has 0 saturated carbocycles. The van der Waals surface area contributed by atoms with Crippen molar-refractivity contribution < 1.29 is 0 Å². The molecule has 1 aromatic rings. The molecule has 3 N–H and O–H groups in total. The predicted molar refractivity (Wildman–Crippen MR) is 30.9 cm³/mol. The van der Waals surface area contributed by atoms with E-state index in [2.05, 4.69) is 33.8 Å². The molecule has 0 spiro atoms. The normalized spacial score (nSPS) is 16.4. The van der Waals surface area contributed by atoms with Crippen LogP contribution < -0.4 is 10.6 Å². The molecule has 2 rings (SSSR count). The van der Waals surface area contributed by atoms with Crippen molar-refractivity contribution in [3.63, 3.8) is 0 Å². The summed E-state index contributed by atoms with van der Waals surface area (Å²) < 4.78 is 0. The standard InChI is InChI=1S/C5H4N4/c1-4-5(8-2-6-1)9-3-7-4/h3,6,8H,(H,7,9). The molecular formula is C5H4N4. The van der Waals surface area contributed by atoms with Crippen molar-refractivity contribution in [1.29, 1.82) is 0 Å². The van der Waals surface area contributed by atoms with Crippen LogP contribution in [0.1, 0.15) is 5.69 Å². The van der Waals surface area contributed by atoms with Gasteiger partial charge < -0.3 is 10.3 Å². The average Bonchev–Trinajstić information content (AvgIpc) is 2.33. The van der Waals surface area contributed by atoms with Crippen LogP contribution in [-0.2, 0) is 0 Å². The first-order chi connectivity index (χ1) is 4.47. The zero-order valence-corrected chi connectivity index (χ0v) is 4.52. The number of hydrogen-bond acceptors (Lipinski definition) is 3. The molecule has 0 atom stereocenters. The largest absolute Gasteiger partial charge is 0.345 e. The van der Waals surface area contributed by atoms with Gasteiger partial charge >= 0.3 is 0 Å². The van der Waals surface area contributed by atoms with Crippen molar-refractivity contribution >= 4 is 5.82 Å². The number of nitrogens with zero attached hydrogens (tertiary/aromatic N) is 1. The Kier molecular flexibility index (Phi) is 0.927. The number of nitrogens with one attached hydrogen (secondary N) is 3. The first-order valence-electron chi connectivity index (χ1n) is 2.52. The monoisotopic (exact) mass is 120 g/mol. The second kappa shape index (κ2) is 1.73. The third kappa shape index (κ3) is 0.675. The van der Waals surface area contributed by atoms with E-state index < -0.39 is 0 Å². The number of aromatic amines is 1. The molecule has 1 aromatic heterocycles. The number of anilines is 1. The van der Waals surface area contributed by atoms with Crippen molar-refractivity contribution in [2.45, 2.75) is 0 Å². The summed E-state index contributed by atoms with van der Waals surface area (Å²) in [6.45, 7) is 5.43. The molecule has 0 aliphatic carbocycles. The van der Waals surface area contributed by atoms with Gasteiger partial charge in [-0.1, -0.05) is 0 Å². The van der Waals surface area contributed by atoms with Gasteiger partial charge in [-0.3, -0.25) is 5.32 Å². The van der Waals surface area contributed by atoms with Gasteiger partial charge in [0.05, 0.1) is 12.0 Å². The molecule has 0 unspecified atom stereocenters. The van der Waals surface area contributed by atoms with Gasteiger partial charge in [0.25, 0.3) is 0 Å². The van der Waals surface area contributed by atoms with Gasteiger partial charge in [-0.2, -0.15) is 0 Å². The topological polar surface area (TPSA) is 52.7 Å². The molecule has 4 radical (unpaired) electrons. The zero-order valence-electron chi connectivity index (χ0n) is 4.52. The van der Waals surface area contributed by atoms with Gasteiger partial charge in [0, 0.05) is 0 Å². The number of fused-ring (bicyclic) bond motifs is 1. The number of aromatic nitrogens is 2. The van der Waals surface area contributed by atoms with Crippen molar-refractivity contribution in [2.75, 3.05) is 5.32 Å². The highest BCUT2D eigenvalue weighted by Crippen LogP contribution is 2.13. The Bertz CT molecular complexity index is 184. The lowest BCUT2D eigenvalue weighted by Gasteiger charge is -2.09. The highest BCUT2D eigenvalue weighted by molar-refractivity contribution is 5.47. The Morgan fingerprint density at radius 2 is 2.56 bits per heavy atom. The van der Waals surface area contributed by atoms with Crippen LogP contribution in [0.3, 0.4) is 0 Å². The molecule has 0 bridgehead atoms. The van der Waals surface area contributed by atoms with Gasteiger partial charge in [-0.05, 0) is 0 Å². The minimum absolute atomic E-state index is 0.758. The van der Waals surface area contributed by atoms with Crippen LogP contribution >= 0.6 is 0 Å². The fraction of sp³-hybridized carbons (Fsp3) is 0. The molecule has 0 fully saturated rings. The van der Waals surface area contributed by atoms with E-state index in [4.69, 9.17) is 0 Å². The summed E-state index contributed by atoms with van der Waals surface area (Å²) in [4.78, 5) is 6.80. The van der Waals surface area contributed by atoms with E-state index in [1.165, 1.54) is 0 Å². The molecule has 1 aliphatic rings. The van der Waals surface area contributed by atoms with Crippen LogP contribution in [0.25, 0.3) is 0 Å². The molecule has 4 nitrogen and oxygen atoms in total. The predicted octanol–water partition coefficient (Wildman–Crippen LogP) is -0.192. The fourth-order valence-corrected chi connectivity index (χ4v) is 0.669. The smallest absolute Gasteiger partial charge is 0.173 e. The van der Waals surface area contributed by atoms with Gasteiger partial charge in [0.2, 0.25) is 0 Å². The average molecular weight is 120 g/mol. The van der Waals surface area contributed by atoms with E-state index in [9.17, 15) is 0 Å². The number of hydrogen-bond donors (Lipinski definition) is 3. The maximum absolute atomic E-state index is 3.93. The Labute approximate surface area is 52.7 Å². The third-order valence-electron chi connectivity index (χ3n) is 1.07.